The summed E-state index contributed by atoms with van der Waals surface area (Å²) in [5.74, 6) is 0.530. The molecule has 1 aliphatic heterocycles. The van der Waals surface area contributed by atoms with Crippen LogP contribution in [0.5, 0.6) is 0 Å². The molecule has 134 valence electrons. The zero-order valence-corrected chi connectivity index (χ0v) is 14.4. The topological polar surface area (TPSA) is 106 Å². The highest BCUT2D eigenvalue weighted by Crippen LogP contribution is 2.29. The highest BCUT2D eigenvalue weighted by molar-refractivity contribution is 5.47. The van der Waals surface area contributed by atoms with Crippen LogP contribution in [0.1, 0.15) is 48.7 Å². The van der Waals surface area contributed by atoms with E-state index in [-0.39, 0.29) is 17.6 Å². The van der Waals surface area contributed by atoms with Gasteiger partial charge in [0.05, 0.1) is 24.9 Å². The Kier molecular flexibility index (Phi) is 4.63. The van der Waals surface area contributed by atoms with Crippen molar-refractivity contribution in [2.24, 2.45) is 0 Å². The maximum absolute atomic E-state index is 12.4. The first-order chi connectivity index (χ1) is 12.7. The molecular weight excluding hydrogens is 332 g/mol. The molecule has 1 fully saturated rings. The molecule has 26 heavy (non-hydrogen) atoms. The Morgan fingerprint density at radius 3 is 2.85 bits per heavy atom. The molecule has 0 spiro atoms. The Morgan fingerprint density at radius 1 is 1.23 bits per heavy atom. The average Bonchev–Trinajstić information content (AvgIpc) is 2.68. The summed E-state index contributed by atoms with van der Waals surface area (Å²) in [6, 6.07) is 4.06. The van der Waals surface area contributed by atoms with Gasteiger partial charge in [-0.25, -0.2) is 14.6 Å². The molecule has 8 heteroatoms. The fourth-order valence-electron chi connectivity index (χ4n) is 3.67. The van der Waals surface area contributed by atoms with Gasteiger partial charge in [0.2, 0.25) is 0 Å². The number of nitrogens with zero attached hydrogens (tertiary/aromatic N) is 5. The molecule has 0 atom stereocenters. The lowest BCUT2D eigenvalue weighted by molar-refractivity contribution is 0.107. The molecule has 0 unspecified atom stereocenters. The van der Waals surface area contributed by atoms with E-state index in [4.69, 9.17) is 10.00 Å². The van der Waals surface area contributed by atoms with Crippen LogP contribution >= 0.6 is 0 Å². The zero-order valence-electron chi connectivity index (χ0n) is 14.4. The summed E-state index contributed by atoms with van der Waals surface area (Å²) in [7, 11) is 0. The van der Waals surface area contributed by atoms with E-state index in [2.05, 4.69) is 26.5 Å². The SMILES string of the molecule is N#Cc1nccnc1NC1CCC(n2nc3c(cc2=O)COCC3)CC1. The predicted molar refractivity (Wildman–Crippen MR) is 93.5 cm³/mol. The number of rotatable bonds is 3. The third kappa shape index (κ3) is 3.30. The Balaban J connectivity index is 1.44. The van der Waals surface area contributed by atoms with Crippen LogP contribution in [0.15, 0.2) is 23.3 Å². The molecule has 2 aromatic rings. The number of fused-ring (bicyclic) bond motifs is 1. The number of ether oxygens (including phenoxy) is 1. The van der Waals surface area contributed by atoms with E-state index in [1.807, 2.05) is 0 Å². The van der Waals surface area contributed by atoms with Gasteiger partial charge in [-0.3, -0.25) is 4.79 Å². The molecule has 2 aliphatic rings. The Bertz CT molecular complexity index is 895. The second-order valence-electron chi connectivity index (χ2n) is 6.72. The Hall–Kier alpha value is -2.79. The standard InChI is InChI=1S/C18H20N6O2/c19-10-16-18(21-7-6-20-16)22-13-1-3-14(4-2-13)24-17(25)9-12-11-26-8-5-15(12)23-24/h6-7,9,13-14H,1-5,8,11H2,(H,21,22). The quantitative estimate of drug-likeness (QED) is 0.894. The van der Waals surface area contributed by atoms with Crippen molar-refractivity contribution in [2.75, 3.05) is 11.9 Å². The van der Waals surface area contributed by atoms with Crippen LogP contribution in [0, 0.1) is 11.3 Å². The van der Waals surface area contributed by atoms with Crippen LogP contribution in [0.25, 0.3) is 0 Å². The summed E-state index contributed by atoms with van der Waals surface area (Å²) in [5.41, 5.74) is 2.16. The molecular formula is C18H20N6O2. The smallest absolute Gasteiger partial charge is 0.267 e. The van der Waals surface area contributed by atoms with Gasteiger partial charge in [-0.15, -0.1) is 0 Å². The van der Waals surface area contributed by atoms with Gasteiger partial charge in [-0.2, -0.15) is 10.4 Å². The summed E-state index contributed by atoms with van der Waals surface area (Å²) >= 11 is 0. The minimum Gasteiger partial charge on any atom is -0.376 e. The average molecular weight is 352 g/mol. The Labute approximate surface area is 150 Å². The first-order valence-corrected chi connectivity index (χ1v) is 8.91. The fraction of sp³-hybridized carbons (Fsp3) is 0.500. The van der Waals surface area contributed by atoms with E-state index in [1.54, 1.807) is 16.9 Å². The maximum Gasteiger partial charge on any atom is 0.267 e. The van der Waals surface area contributed by atoms with Gasteiger partial charge in [0.25, 0.3) is 5.56 Å². The van der Waals surface area contributed by atoms with Crippen molar-refractivity contribution >= 4 is 5.82 Å². The van der Waals surface area contributed by atoms with E-state index in [0.717, 1.165) is 43.4 Å². The molecule has 0 amide bonds. The maximum atomic E-state index is 12.4. The highest BCUT2D eigenvalue weighted by atomic mass is 16.5. The molecule has 3 heterocycles. The van der Waals surface area contributed by atoms with E-state index in [0.29, 0.717) is 24.7 Å². The van der Waals surface area contributed by atoms with Crippen LogP contribution in [0.2, 0.25) is 0 Å². The predicted octanol–water partition coefficient (Wildman–Crippen LogP) is 1.57. The van der Waals surface area contributed by atoms with Crippen molar-refractivity contribution in [3.8, 4) is 6.07 Å². The van der Waals surface area contributed by atoms with E-state index < -0.39 is 0 Å². The number of nitrogens with one attached hydrogen (secondary N) is 1. The van der Waals surface area contributed by atoms with E-state index in [9.17, 15) is 4.79 Å². The molecule has 0 radical (unpaired) electrons. The number of hydrogen-bond donors (Lipinski definition) is 1. The van der Waals surface area contributed by atoms with Crippen molar-refractivity contribution in [2.45, 2.75) is 50.8 Å². The molecule has 0 aromatic carbocycles. The van der Waals surface area contributed by atoms with Crippen LogP contribution in [0.3, 0.4) is 0 Å². The van der Waals surface area contributed by atoms with Crippen LogP contribution < -0.4 is 10.9 Å². The lowest BCUT2D eigenvalue weighted by atomic mass is 9.91. The number of hydrogen-bond acceptors (Lipinski definition) is 7. The molecule has 0 saturated heterocycles. The lowest BCUT2D eigenvalue weighted by Gasteiger charge is -2.30. The zero-order chi connectivity index (χ0) is 17.9. The van der Waals surface area contributed by atoms with Crippen molar-refractivity contribution in [1.82, 2.24) is 19.7 Å². The molecule has 2 aromatic heterocycles. The molecule has 1 saturated carbocycles. The minimum atomic E-state index is -0.0497. The van der Waals surface area contributed by atoms with Crippen LogP contribution in [-0.2, 0) is 17.8 Å². The lowest BCUT2D eigenvalue weighted by Crippen LogP contribution is -2.35. The first kappa shape index (κ1) is 16.7. The van der Waals surface area contributed by atoms with Crippen molar-refractivity contribution in [3.63, 3.8) is 0 Å². The molecule has 1 aliphatic carbocycles. The fourth-order valence-corrected chi connectivity index (χ4v) is 3.67. The van der Waals surface area contributed by atoms with Crippen molar-refractivity contribution in [3.05, 3.63) is 45.8 Å². The van der Waals surface area contributed by atoms with Gasteiger partial charge in [0.15, 0.2) is 11.5 Å². The van der Waals surface area contributed by atoms with E-state index in [1.165, 1.54) is 6.20 Å². The van der Waals surface area contributed by atoms with Crippen LogP contribution in [-0.4, -0.2) is 32.4 Å². The van der Waals surface area contributed by atoms with Gasteiger partial charge in [-0.1, -0.05) is 0 Å². The van der Waals surface area contributed by atoms with Gasteiger partial charge in [0.1, 0.15) is 6.07 Å². The molecule has 8 nitrogen and oxygen atoms in total. The number of anilines is 1. The first-order valence-electron chi connectivity index (χ1n) is 8.91. The molecule has 0 bridgehead atoms. The number of nitriles is 1. The van der Waals surface area contributed by atoms with Crippen molar-refractivity contribution in [1.29, 1.82) is 5.26 Å². The second kappa shape index (κ2) is 7.22. The van der Waals surface area contributed by atoms with Gasteiger partial charge in [-0.05, 0) is 25.7 Å². The van der Waals surface area contributed by atoms with Crippen molar-refractivity contribution < 1.29 is 4.74 Å². The highest BCUT2D eigenvalue weighted by Gasteiger charge is 2.26. The minimum absolute atomic E-state index is 0.0497. The van der Waals surface area contributed by atoms with Gasteiger partial charge < -0.3 is 10.1 Å². The summed E-state index contributed by atoms with van der Waals surface area (Å²) in [6.45, 7) is 1.14. The van der Waals surface area contributed by atoms with E-state index >= 15 is 0 Å². The third-order valence-corrected chi connectivity index (χ3v) is 5.05. The number of aromatic nitrogens is 4. The molecule has 1 N–H and O–H groups in total. The van der Waals surface area contributed by atoms with Crippen LogP contribution in [0.4, 0.5) is 5.82 Å². The normalized spacial score (nSPS) is 22.3. The Morgan fingerprint density at radius 2 is 2.04 bits per heavy atom. The summed E-state index contributed by atoms with van der Waals surface area (Å²) < 4.78 is 7.05. The summed E-state index contributed by atoms with van der Waals surface area (Å²) in [6.07, 6.45) is 7.36. The largest absolute Gasteiger partial charge is 0.376 e. The third-order valence-electron chi connectivity index (χ3n) is 5.05. The second-order valence-corrected chi connectivity index (χ2v) is 6.72. The monoisotopic (exact) mass is 352 g/mol. The molecule has 4 rings (SSSR count). The van der Waals surface area contributed by atoms with Gasteiger partial charge in [0, 0.05) is 36.5 Å². The van der Waals surface area contributed by atoms with Gasteiger partial charge >= 0.3 is 0 Å². The summed E-state index contributed by atoms with van der Waals surface area (Å²) in [5, 5.41) is 17.0. The summed E-state index contributed by atoms with van der Waals surface area (Å²) in [4.78, 5) is 20.7.